The third-order valence-corrected chi connectivity index (χ3v) is 6.18. The molecule has 0 bridgehead atoms. The van der Waals surface area contributed by atoms with E-state index in [0.29, 0.717) is 23.4 Å². The van der Waals surface area contributed by atoms with Crippen LogP contribution in [0.4, 0.5) is 10.7 Å². The molecule has 0 aliphatic carbocycles. The molecule has 1 saturated heterocycles. The zero-order valence-electron chi connectivity index (χ0n) is 17.4. The van der Waals surface area contributed by atoms with Crippen LogP contribution in [0.3, 0.4) is 0 Å². The lowest BCUT2D eigenvalue weighted by molar-refractivity contribution is -0.682. The third-order valence-electron chi connectivity index (χ3n) is 5.95. The summed E-state index contributed by atoms with van der Waals surface area (Å²) >= 11 is 6.09. The van der Waals surface area contributed by atoms with Crippen molar-refractivity contribution in [2.45, 2.75) is 33.0 Å². The number of nitrogens with zero attached hydrogens (tertiary/aromatic N) is 5. The zero-order valence-corrected chi connectivity index (χ0v) is 18.1. The Morgan fingerprint density at radius 1 is 1.19 bits per heavy atom. The lowest BCUT2D eigenvalue weighted by Gasteiger charge is -2.33. The number of imide groups is 1. The molecular formula is C22H21ClN5O3+. The fourth-order valence-electron chi connectivity index (χ4n) is 4.21. The molecule has 1 unspecified atom stereocenters. The Labute approximate surface area is 184 Å². The molecule has 8 nitrogen and oxygen atoms in total. The minimum absolute atomic E-state index is 0.146. The largest absolute Gasteiger partial charge is 0.466 e. The molecule has 1 atom stereocenters. The monoisotopic (exact) mass is 438 g/mol. The number of likely N-dealkylation sites (N-methyl/N-ethyl adjacent to an activating group) is 1. The van der Waals surface area contributed by atoms with Gasteiger partial charge in [0.25, 0.3) is 5.91 Å². The van der Waals surface area contributed by atoms with Crippen molar-refractivity contribution in [3.8, 4) is 0 Å². The summed E-state index contributed by atoms with van der Waals surface area (Å²) in [5, 5.41) is 0.559. The number of amides is 3. The van der Waals surface area contributed by atoms with Gasteiger partial charge in [0, 0.05) is 12.1 Å². The average Bonchev–Trinajstić information content (AvgIpc) is 3.44. The van der Waals surface area contributed by atoms with Gasteiger partial charge < -0.3 is 4.42 Å². The minimum Gasteiger partial charge on any atom is -0.466 e. The van der Waals surface area contributed by atoms with Gasteiger partial charge in [0.1, 0.15) is 23.7 Å². The molecular weight excluding hydrogens is 418 g/mol. The Hall–Kier alpha value is -3.39. The number of amidine groups is 1. The Balaban J connectivity index is 1.55. The molecule has 2 aromatic heterocycles. The van der Waals surface area contributed by atoms with Gasteiger partial charge in [0.15, 0.2) is 0 Å². The molecule has 4 heterocycles. The maximum absolute atomic E-state index is 13.5. The van der Waals surface area contributed by atoms with Crippen LogP contribution < -0.4 is 4.57 Å². The van der Waals surface area contributed by atoms with Crippen LogP contribution >= 0.6 is 11.6 Å². The van der Waals surface area contributed by atoms with E-state index in [1.807, 2.05) is 41.2 Å². The summed E-state index contributed by atoms with van der Waals surface area (Å²) in [5.41, 5.74) is 2.70. The first-order valence-electron chi connectivity index (χ1n) is 9.92. The molecule has 2 aliphatic rings. The topological polar surface area (TPSA) is 74.9 Å². The van der Waals surface area contributed by atoms with Crippen molar-refractivity contribution in [1.82, 2.24) is 14.4 Å². The van der Waals surface area contributed by atoms with Crippen molar-refractivity contribution in [3.05, 3.63) is 70.4 Å². The van der Waals surface area contributed by atoms with E-state index in [0.717, 1.165) is 22.7 Å². The van der Waals surface area contributed by atoms with Crippen molar-refractivity contribution < 1.29 is 18.6 Å². The number of carbonyl (C=O) groups excluding carboxylic acids is 2. The van der Waals surface area contributed by atoms with Gasteiger partial charge in [-0.15, -0.1) is 0 Å². The number of carbonyl (C=O) groups is 2. The maximum Gasteiger partial charge on any atom is 0.402 e. The highest BCUT2D eigenvalue weighted by atomic mass is 35.5. The molecule has 1 aromatic carbocycles. The second kappa shape index (κ2) is 7.09. The van der Waals surface area contributed by atoms with Gasteiger partial charge in [0.2, 0.25) is 11.9 Å². The fourth-order valence-corrected chi connectivity index (χ4v) is 4.43. The van der Waals surface area contributed by atoms with Crippen molar-refractivity contribution in [2.75, 3.05) is 7.05 Å². The van der Waals surface area contributed by atoms with Crippen LogP contribution in [-0.2, 0) is 17.9 Å². The van der Waals surface area contributed by atoms with Gasteiger partial charge in [-0.2, -0.15) is 0 Å². The second-order valence-electron chi connectivity index (χ2n) is 7.77. The number of rotatable bonds is 4. The SMILES string of the molecule is Cc1c(C)[n+](Cc2ccco2)c2n1C1C(=O)N(Cc3cccc(Cl)c3)C(=O)N(C)C1=N2. The van der Waals surface area contributed by atoms with E-state index in [4.69, 9.17) is 21.0 Å². The van der Waals surface area contributed by atoms with Crippen LogP contribution in [0, 0.1) is 13.8 Å². The Kier molecular flexibility index (Phi) is 4.48. The number of benzene rings is 1. The summed E-state index contributed by atoms with van der Waals surface area (Å²) in [6.45, 7) is 4.59. The molecule has 3 aromatic rings. The van der Waals surface area contributed by atoms with Crippen LogP contribution in [0.1, 0.15) is 28.8 Å². The summed E-state index contributed by atoms with van der Waals surface area (Å²) in [6.07, 6.45) is 1.63. The maximum atomic E-state index is 13.5. The Morgan fingerprint density at radius 3 is 2.71 bits per heavy atom. The lowest BCUT2D eigenvalue weighted by atomic mass is 10.1. The molecule has 0 radical (unpaired) electrons. The molecule has 31 heavy (non-hydrogen) atoms. The quantitative estimate of drug-likeness (QED) is 0.586. The van der Waals surface area contributed by atoms with Gasteiger partial charge in [-0.1, -0.05) is 28.7 Å². The third kappa shape index (κ3) is 2.97. The van der Waals surface area contributed by atoms with Gasteiger partial charge in [-0.3, -0.25) is 14.6 Å². The number of hydrogen-bond acceptors (Lipinski definition) is 4. The predicted octanol–water partition coefficient (Wildman–Crippen LogP) is 3.37. The van der Waals surface area contributed by atoms with Crippen LogP contribution in [0.2, 0.25) is 5.02 Å². The van der Waals surface area contributed by atoms with Crippen molar-refractivity contribution in [2.24, 2.45) is 4.99 Å². The smallest absolute Gasteiger partial charge is 0.402 e. The molecule has 158 valence electrons. The van der Waals surface area contributed by atoms with E-state index in [9.17, 15) is 9.59 Å². The Morgan fingerprint density at radius 2 is 2.00 bits per heavy atom. The highest BCUT2D eigenvalue weighted by Crippen LogP contribution is 2.35. The molecule has 1 fully saturated rings. The lowest BCUT2D eigenvalue weighted by Crippen LogP contribution is -2.57. The van der Waals surface area contributed by atoms with Crippen molar-refractivity contribution in [3.63, 3.8) is 0 Å². The Bertz CT molecular complexity index is 1240. The van der Waals surface area contributed by atoms with Crippen LogP contribution in [0.5, 0.6) is 0 Å². The highest BCUT2D eigenvalue weighted by molar-refractivity contribution is 6.30. The van der Waals surface area contributed by atoms with Gasteiger partial charge in [-0.05, 0) is 43.7 Å². The van der Waals surface area contributed by atoms with Crippen LogP contribution in [0.25, 0.3) is 0 Å². The molecule has 0 saturated carbocycles. The zero-order chi connectivity index (χ0) is 21.9. The van der Waals surface area contributed by atoms with E-state index in [1.54, 1.807) is 31.5 Å². The summed E-state index contributed by atoms with van der Waals surface area (Å²) < 4.78 is 9.42. The number of aromatic nitrogens is 2. The number of halogens is 1. The first kappa shape index (κ1) is 19.6. The van der Waals surface area contributed by atoms with Gasteiger partial charge >= 0.3 is 12.0 Å². The van der Waals surface area contributed by atoms with E-state index >= 15 is 0 Å². The molecule has 9 heteroatoms. The number of fused-ring (bicyclic) bond motifs is 3. The predicted molar refractivity (Wildman–Crippen MR) is 113 cm³/mol. The normalized spacial score (nSPS) is 17.8. The summed E-state index contributed by atoms with van der Waals surface area (Å²) in [4.78, 5) is 34.0. The van der Waals surface area contributed by atoms with E-state index in [2.05, 4.69) is 0 Å². The van der Waals surface area contributed by atoms with E-state index in [1.165, 1.54) is 9.80 Å². The number of urea groups is 1. The van der Waals surface area contributed by atoms with Crippen molar-refractivity contribution >= 4 is 35.3 Å². The first-order chi connectivity index (χ1) is 14.9. The van der Waals surface area contributed by atoms with E-state index < -0.39 is 12.1 Å². The molecule has 0 N–H and O–H groups in total. The number of hydrogen-bond donors (Lipinski definition) is 0. The van der Waals surface area contributed by atoms with Crippen LogP contribution in [-0.4, -0.2) is 39.2 Å². The molecule has 5 rings (SSSR count). The van der Waals surface area contributed by atoms with Gasteiger partial charge in [0.05, 0.1) is 12.8 Å². The summed E-state index contributed by atoms with van der Waals surface area (Å²) in [6, 6.07) is 9.81. The molecule has 0 spiro atoms. The molecule has 2 aliphatic heterocycles. The van der Waals surface area contributed by atoms with Crippen molar-refractivity contribution in [1.29, 1.82) is 0 Å². The number of furan rings is 1. The number of aliphatic imine (C=N–C) groups is 1. The fraction of sp³-hybridized carbons (Fsp3) is 0.273. The average molecular weight is 439 g/mol. The first-order valence-corrected chi connectivity index (χ1v) is 10.3. The summed E-state index contributed by atoms with van der Waals surface area (Å²) in [7, 11) is 1.65. The van der Waals surface area contributed by atoms with Crippen LogP contribution in [0.15, 0.2) is 52.1 Å². The summed E-state index contributed by atoms with van der Waals surface area (Å²) in [5.74, 6) is 1.55. The highest BCUT2D eigenvalue weighted by Gasteiger charge is 2.54. The minimum atomic E-state index is -0.687. The van der Waals surface area contributed by atoms with Gasteiger partial charge in [-0.25, -0.2) is 13.9 Å². The standard InChI is InChI=1S/C22H21ClN5O3/c1-13-14(2)28-18-19(24-21(28)26(13)12-17-8-5-9-31-17)25(3)22(30)27(20(18)29)11-15-6-4-7-16(23)10-15/h4-10,18H,11-12H2,1-3H3/q+1. The molecule has 3 amide bonds. The second-order valence-corrected chi connectivity index (χ2v) is 8.21. The van der Waals surface area contributed by atoms with E-state index in [-0.39, 0.29) is 12.5 Å². The number of imidazole rings is 1.